The molecule has 0 aromatic heterocycles. The molecule has 0 fully saturated rings. The van der Waals surface area contributed by atoms with Crippen LogP contribution in [0.5, 0.6) is 0 Å². The summed E-state index contributed by atoms with van der Waals surface area (Å²) in [6.45, 7) is 13.4. The van der Waals surface area contributed by atoms with Crippen LogP contribution in [-0.4, -0.2) is 26.3 Å². The van der Waals surface area contributed by atoms with Crippen LogP contribution >= 0.6 is 0 Å². The van der Waals surface area contributed by atoms with Crippen LogP contribution < -0.4 is 5.32 Å². The molecule has 1 N–H and O–H groups in total. The van der Waals surface area contributed by atoms with Crippen LogP contribution in [0.15, 0.2) is 0 Å². The summed E-state index contributed by atoms with van der Waals surface area (Å²) >= 11 is 0. The summed E-state index contributed by atoms with van der Waals surface area (Å²) in [5.74, 6) is 2.26. The van der Waals surface area contributed by atoms with Gasteiger partial charge >= 0.3 is 0 Å². The summed E-state index contributed by atoms with van der Waals surface area (Å²) in [5.41, 5.74) is 0. The van der Waals surface area contributed by atoms with Crippen molar-refractivity contribution in [1.82, 2.24) is 5.32 Å². The zero-order chi connectivity index (χ0) is 11.8. The van der Waals surface area contributed by atoms with Gasteiger partial charge in [0.1, 0.15) is 0 Å². The topological polar surface area (TPSA) is 21.3 Å². The Morgan fingerprint density at radius 3 is 1.93 bits per heavy atom. The maximum Gasteiger partial charge on any atom is 0.0615 e. The van der Waals surface area contributed by atoms with E-state index in [1.165, 1.54) is 0 Å². The molecule has 0 heterocycles. The van der Waals surface area contributed by atoms with Crippen molar-refractivity contribution in [3.63, 3.8) is 0 Å². The summed E-state index contributed by atoms with van der Waals surface area (Å²) in [7, 11) is 1.77. The fourth-order valence-corrected chi connectivity index (χ4v) is 2.07. The predicted octanol–water partition coefficient (Wildman–Crippen LogP) is 2.93. The van der Waals surface area contributed by atoms with Gasteiger partial charge in [-0.3, -0.25) is 0 Å². The molecule has 2 nitrogen and oxygen atoms in total. The molecule has 0 aromatic carbocycles. The van der Waals surface area contributed by atoms with Gasteiger partial charge in [0.05, 0.1) is 6.61 Å². The zero-order valence-electron chi connectivity index (χ0n) is 11.3. The lowest BCUT2D eigenvalue weighted by atomic mass is 9.85. The van der Waals surface area contributed by atoms with Crippen molar-refractivity contribution in [2.24, 2.45) is 17.8 Å². The average Bonchev–Trinajstić information content (AvgIpc) is 2.15. The van der Waals surface area contributed by atoms with Gasteiger partial charge in [-0.05, 0) is 30.7 Å². The molecule has 0 aliphatic heterocycles. The minimum absolute atomic E-state index is 0.509. The van der Waals surface area contributed by atoms with E-state index in [0.717, 1.165) is 37.3 Å². The maximum absolute atomic E-state index is 5.19. The fraction of sp³-hybridized carbons (Fsp3) is 1.00. The van der Waals surface area contributed by atoms with Crippen LogP contribution in [0.2, 0.25) is 0 Å². The van der Waals surface area contributed by atoms with Gasteiger partial charge in [-0.25, -0.2) is 0 Å². The van der Waals surface area contributed by atoms with Crippen LogP contribution in [-0.2, 0) is 4.74 Å². The Kier molecular flexibility index (Phi) is 8.07. The molecule has 0 aliphatic carbocycles. The van der Waals surface area contributed by atoms with Crippen LogP contribution in [0.3, 0.4) is 0 Å². The second kappa shape index (κ2) is 8.12. The number of nitrogens with one attached hydrogen (secondary N) is 1. The van der Waals surface area contributed by atoms with Gasteiger partial charge in [-0.15, -0.1) is 0 Å². The monoisotopic (exact) mass is 215 g/mol. The van der Waals surface area contributed by atoms with Gasteiger partial charge in [0, 0.05) is 13.2 Å². The first-order valence-corrected chi connectivity index (χ1v) is 6.25. The van der Waals surface area contributed by atoms with E-state index >= 15 is 0 Å². The molecule has 15 heavy (non-hydrogen) atoms. The molecular weight excluding hydrogens is 186 g/mol. The highest BCUT2D eigenvalue weighted by Crippen LogP contribution is 2.19. The summed E-state index contributed by atoms with van der Waals surface area (Å²) in [4.78, 5) is 0. The normalized spacial score (nSPS) is 14.2. The van der Waals surface area contributed by atoms with Crippen LogP contribution in [0.25, 0.3) is 0 Å². The molecule has 2 heteroatoms. The number of hydrogen-bond acceptors (Lipinski definition) is 2. The second-order valence-corrected chi connectivity index (χ2v) is 5.12. The van der Waals surface area contributed by atoms with Gasteiger partial charge in [0.2, 0.25) is 0 Å². The Balaban J connectivity index is 3.96. The van der Waals surface area contributed by atoms with Crippen molar-refractivity contribution in [1.29, 1.82) is 0 Å². The predicted molar refractivity (Wildman–Crippen MR) is 67.1 cm³/mol. The summed E-state index contributed by atoms with van der Waals surface area (Å²) < 4.78 is 5.19. The lowest BCUT2D eigenvalue weighted by Gasteiger charge is -2.27. The molecule has 1 unspecified atom stereocenters. The van der Waals surface area contributed by atoms with Gasteiger partial charge in [-0.1, -0.05) is 34.6 Å². The highest BCUT2D eigenvalue weighted by molar-refractivity contribution is 4.72. The van der Waals surface area contributed by atoms with Crippen molar-refractivity contribution in [2.45, 2.75) is 47.1 Å². The third-order valence-corrected chi connectivity index (χ3v) is 3.22. The average molecular weight is 215 g/mol. The van der Waals surface area contributed by atoms with Gasteiger partial charge < -0.3 is 10.1 Å². The standard InChI is InChI=1S/C13H29NO/c1-7-12(9-15-6)14-8-13(10(2)3)11(4)5/h10-14H,7-9H2,1-6H3. The summed E-state index contributed by atoms with van der Waals surface area (Å²) in [6.07, 6.45) is 1.14. The smallest absolute Gasteiger partial charge is 0.0615 e. The van der Waals surface area contributed by atoms with E-state index in [0.29, 0.717) is 6.04 Å². The quantitative estimate of drug-likeness (QED) is 0.672. The zero-order valence-corrected chi connectivity index (χ0v) is 11.3. The molecule has 1 atom stereocenters. The number of ether oxygens (including phenoxy) is 1. The SMILES string of the molecule is CCC(COC)NCC(C(C)C)C(C)C. The van der Waals surface area contributed by atoms with E-state index in [-0.39, 0.29) is 0 Å². The van der Waals surface area contributed by atoms with E-state index in [1.54, 1.807) is 7.11 Å². The van der Waals surface area contributed by atoms with E-state index < -0.39 is 0 Å². The van der Waals surface area contributed by atoms with Crippen LogP contribution in [0.1, 0.15) is 41.0 Å². The largest absolute Gasteiger partial charge is 0.383 e. The number of methoxy groups -OCH3 is 1. The molecule has 0 saturated carbocycles. The first-order chi connectivity index (χ1) is 7.02. The molecule has 92 valence electrons. The van der Waals surface area contributed by atoms with Crippen molar-refractivity contribution < 1.29 is 4.74 Å². The van der Waals surface area contributed by atoms with Gasteiger partial charge in [0.15, 0.2) is 0 Å². The molecular formula is C13H29NO. The molecule has 0 amide bonds. The highest BCUT2D eigenvalue weighted by Gasteiger charge is 2.18. The van der Waals surface area contributed by atoms with Crippen molar-refractivity contribution in [2.75, 3.05) is 20.3 Å². The maximum atomic E-state index is 5.19. The van der Waals surface area contributed by atoms with E-state index in [9.17, 15) is 0 Å². The number of rotatable bonds is 8. The van der Waals surface area contributed by atoms with Gasteiger partial charge in [0.25, 0.3) is 0 Å². The third kappa shape index (κ3) is 6.16. The summed E-state index contributed by atoms with van der Waals surface area (Å²) in [6, 6.07) is 0.509. The lowest BCUT2D eigenvalue weighted by molar-refractivity contribution is 0.155. The Hall–Kier alpha value is -0.0800. The molecule has 0 saturated heterocycles. The Bertz CT molecular complexity index is 137. The summed E-state index contributed by atoms with van der Waals surface area (Å²) in [5, 5.41) is 3.61. The Labute approximate surface area is 95.8 Å². The molecule has 0 aromatic rings. The van der Waals surface area contributed by atoms with Crippen LogP contribution in [0.4, 0.5) is 0 Å². The Morgan fingerprint density at radius 1 is 1.07 bits per heavy atom. The minimum atomic E-state index is 0.509. The lowest BCUT2D eigenvalue weighted by Crippen LogP contribution is -2.38. The first kappa shape index (κ1) is 14.9. The first-order valence-electron chi connectivity index (χ1n) is 6.25. The molecule has 0 bridgehead atoms. The van der Waals surface area contributed by atoms with Crippen molar-refractivity contribution >= 4 is 0 Å². The highest BCUT2D eigenvalue weighted by atomic mass is 16.5. The van der Waals surface area contributed by atoms with E-state index in [1.807, 2.05) is 0 Å². The van der Waals surface area contributed by atoms with E-state index in [2.05, 4.69) is 39.9 Å². The third-order valence-electron chi connectivity index (χ3n) is 3.22. The van der Waals surface area contributed by atoms with Crippen molar-refractivity contribution in [3.05, 3.63) is 0 Å². The number of hydrogen-bond donors (Lipinski definition) is 1. The minimum Gasteiger partial charge on any atom is -0.383 e. The fourth-order valence-electron chi connectivity index (χ4n) is 2.07. The van der Waals surface area contributed by atoms with Crippen LogP contribution in [0, 0.1) is 17.8 Å². The molecule has 0 spiro atoms. The molecule has 0 rings (SSSR count). The van der Waals surface area contributed by atoms with E-state index in [4.69, 9.17) is 4.74 Å². The molecule has 0 aliphatic rings. The Morgan fingerprint density at radius 2 is 1.60 bits per heavy atom. The van der Waals surface area contributed by atoms with Gasteiger partial charge in [-0.2, -0.15) is 0 Å². The second-order valence-electron chi connectivity index (χ2n) is 5.12. The molecule has 0 radical (unpaired) electrons. The van der Waals surface area contributed by atoms with Crippen molar-refractivity contribution in [3.8, 4) is 0 Å².